The first-order valence-corrected chi connectivity index (χ1v) is 3.77. The van der Waals surface area contributed by atoms with Crippen LogP contribution in [-0.4, -0.2) is 15.2 Å². The van der Waals surface area contributed by atoms with E-state index in [0.29, 0.717) is 21.4 Å². The molecule has 2 N–H and O–H groups in total. The lowest BCUT2D eigenvalue weighted by atomic mass is 10.3. The molecule has 62 valence electrons. The smallest absolute Gasteiger partial charge is 0.256 e. The van der Waals surface area contributed by atoms with Crippen LogP contribution in [-0.2, 0) is 0 Å². The van der Waals surface area contributed by atoms with Gasteiger partial charge in [0.1, 0.15) is 10.4 Å². The molecular formula is C7H6N2O2S. The van der Waals surface area contributed by atoms with Gasteiger partial charge in [-0.15, -0.1) is 0 Å². The number of rotatable bonds is 0. The molecule has 4 nitrogen and oxygen atoms in total. The van der Waals surface area contributed by atoms with E-state index in [9.17, 15) is 5.11 Å². The van der Waals surface area contributed by atoms with Crippen molar-refractivity contribution in [3.05, 3.63) is 16.4 Å². The third kappa shape index (κ3) is 0.902. The zero-order valence-electron chi connectivity index (χ0n) is 6.29. The van der Waals surface area contributed by atoms with Crippen molar-refractivity contribution in [2.45, 2.75) is 6.92 Å². The minimum atomic E-state index is 0.128. The SMILES string of the molecule is Cc1nc2o[nH]c(=S)c2cc1O. The van der Waals surface area contributed by atoms with Crippen LogP contribution in [0.25, 0.3) is 11.1 Å². The van der Waals surface area contributed by atoms with Crippen molar-refractivity contribution in [2.24, 2.45) is 0 Å². The average molecular weight is 182 g/mol. The van der Waals surface area contributed by atoms with Gasteiger partial charge in [0.15, 0.2) is 0 Å². The molecule has 0 saturated heterocycles. The molecule has 0 bridgehead atoms. The van der Waals surface area contributed by atoms with Crippen LogP contribution in [0.15, 0.2) is 10.6 Å². The van der Waals surface area contributed by atoms with Crippen LogP contribution in [0.3, 0.4) is 0 Å². The van der Waals surface area contributed by atoms with Crippen LogP contribution in [0.4, 0.5) is 0 Å². The summed E-state index contributed by atoms with van der Waals surface area (Å²) in [5, 5.41) is 12.4. The van der Waals surface area contributed by atoms with Crippen molar-refractivity contribution < 1.29 is 9.63 Å². The van der Waals surface area contributed by atoms with E-state index in [4.69, 9.17) is 16.7 Å². The van der Waals surface area contributed by atoms with Gasteiger partial charge in [-0.1, -0.05) is 12.2 Å². The van der Waals surface area contributed by atoms with Gasteiger partial charge in [-0.25, -0.2) is 10.1 Å². The summed E-state index contributed by atoms with van der Waals surface area (Å²) in [6, 6.07) is 1.54. The first-order chi connectivity index (χ1) is 5.68. The molecule has 0 atom stereocenters. The molecule has 0 saturated carbocycles. The highest BCUT2D eigenvalue weighted by molar-refractivity contribution is 7.71. The summed E-state index contributed by atoms with van der Waals surface area (Å²) in [7, 11) is 0. The highest BCUT2D eigenvalue weighted by Crippen LogP contribution is 2.21. The van der Waals surface area contributed by atoms with E-state index < -0.39 is 0 Å². The van der Waals surface area contributed by atoms with E-state index in [1.165, 1.54) is 0 Å². The number of nitrogens with zero attached hydrogens (tertiary/aromatic N) is 1. The van der Waals surface area contributed by atoms with Crippen LogP contribution in [0, 0.1) is 11.6 Å². The summed E-state index contributed by atoms with van der Waals surface area (Å²) in [5.74, 6) is 0.128. The van der Waals surface area contributed by atoms with Crippen molar-refractivity contribution in [3.8, 4) is 5.75 Å². The van der Waals surface area contributed by atoms with Gasteiger partial charge in [-0.3, -0.25) is 0 Å². The van der Waals surface area contributed by atoms with Gasteiger partial charge < -0.3 is 9.63 Å². The number of nitrogens with one attached hydrogen (secondary N) is 1. The Balaban J connectivity index is 2.97. The predicted molar refractivity (Wildman–Crippen MR) is 45.6 cm³/mol. The lowest BCUT2D eigenvalue weighted by Gasteiger charge is -1.94. The monoisotopic (exact) mass is 182 g/mol. The summed E-state index contributed by atoms with van der Waals surface area (Å²) in [6.45, 7) is 1.69. The number of aromatic amines is 1. The molecule has 0 radical (unpaired) electrons. The standard InChI is InChI=1S/C7H6N2O2S/c1-3-5(10)2-4-6(8-3)11-9-7(4)12/h2,10H,1H3,(H,9,12). The summed E-state index contributed by atoms with van der Waals surface area (Å²) >= 11 is 4.89. The molecule has 0 fully saturated rings. The summed E-state index contributed by atoms with van der Waals surface area (Å²) in [6.07, 6.45) is 0. The van der Waals surface area contributed by atoms with E-state index in [-0.39, 0.29) is 5.75 Å². The minimum Gasteiger partial charge on any atom is -0.506 e. The average Bonchev–Trinajstić information content (AvgIpc) is 2.35. The maximum atomic E-state index is 9.30. The Kier molecular flexibility index (Phi) is 1.41. The number of H-pyrrole nitrogens is 1. The van der Waals surface area contributed by atoms with Crippen LogP contribution < -0.4 is 0 Å². The molecule has 0 aliphatic heterocycles. The fraction of sp³-hybridized carbons (Fsp3) is 0.143. The molecule has 2 heterocycles. The molecule has 5 heteroatoms. The normalized spacial score (nSPS) is 10.8. The largest absolute Gasteiger partial charge is 0.506 e. The Morgan fingerprint density at radius 1 is 1.67 bits per heavy atom. The van der Waals surface area contributed by atoms with Gasteiger partial charge in [0.25, 0.3) is 5.71 Å². The van der Waals surface area contributed by atoms with Crippen molar-refractivity contribution in [1.29, 1.82) is 0 Å². The number of pyridine rings is 1. The molecule has 2 aromatic heterocycles. The number of hydrogen-bond donors (Lipinski definition) is 2. The molecular weight excluding hydrogens is 176 g/mol. The van der Waals surface area contributed by atoms with E-state index in [1.54, 1.807) is 13.0 Å². The van der Waals surface area contributed by atoms with E-state index in [1.807, 2.05) is 0 Å². The minimum absolute atomic E-state index is 0.128. The Hall–Kier alpha value is -1.36. The Bertz CT molecular complexity index is 486. The van der Waals surface area contributed by atoms with Gasteiger partial charge >= 0.3 is 0 Å². The van der Waals surface area contributed by atoms with E-state index >= 15 is 0 Å². The molecule has 0 aliphatic carbocycles. The molecule has 2 aromatic rings. The molecule has 0 unspecified atom stereocenters. The van der Waals surface area contributed by atoms with Crippen molar-refractivity contribution >= 4 is 23.3 Å². The van der Waals surface area contributed by atoms with Crippen LogP contribution in [0.5, 0.6) is 5.75 Å². The zero-order valence-corrected chi connectivity index (χ0v) is 7.10. The van der Waals surface area contributed by atoms with Gasteiger partial charge in [0, 0.05) is 0 Å². The second kappa shape index (κ2) is 2.31. The third-order valence-electron chi connectivity index (χ3n) is 1.64. The van der Waals surface area contributed by atoms with Gasteiger partial charge in [0.2, 0.25) is 0 Å². The predicted octanol–water partition coefficient (Wildman–Crippen LogP) is 1.90. The zero-order chi connectivity index (χ0) is 8.72. The Labute approximate surface area is 72.8 Å². The van der Waals surface area contributed by atoms with Crippen molar-refractivity contribution in [1.82, 2.24) is 10.1 Å². The number of hydrogen-bond acceptors (Lipinski definition) is 4. The third-order valence-corrected chi connectivity index (χ3v) is 1.94. The topological polar surface area (TPSA) is 62.0 Å². The maximum Gasteiger partial charge on any atom is 0.256 e. The molecule has 12 heavy (non-hydrogen) atoms. The summed E-state index contributed by atoms with van der Waals surface area (Å²) < 4.78 is 5.38. The Morgan fingerprint density at radius 2 is 2.42 bits per heavy atom. The van der Waals surface area contributed by atoms with Gasteiger partial charge in [0.05, 0.1) is 11.1 Å². The lowest BCUT2D eigenvalue weighted by Crippen LogP contribution is -1.80. The van der Waals surface area contributed by atoms with Gasteiger partial charge in [-0.05, 0) is 13.0 Å². The summed E-state index contributed by atoms with van der Waals surface area (Å²) in [4.78, 5) is 3.98. The highest BCUT2D eigenvalue weighted by Gasteiger charge is 2.05. The molecule has 0 aromatic carbocycles. The number of fused-ring (bicyclic) bond motifs is 1. The summed E-state index contributed by atoms with van der Waals surface area (Å²) in [5.41, 5.74) is 0.954. The van der Waals surface area contributed by atoms with Crippen molar-refractivity contribution in [3.63, 3.8) is 0 Å². The maximum absolute atomic E-state index is 9.30. The fourth-order valence-corrected chi connectivity index (χ4v) is 1.15. The molecule has 0 aliphatic rings. The first-order valence-electron chi connectivity index (χ1n) is 3.36. The second-order valence-electron chi connectivity index (χ2n) is 2.48. The lowest BCUT2D eigenvalue weighted by molar-refractivity contribution is 0.441. The second-order valence-corrected chi connectivity index (χ2v) is 2.89. The number of aryl methyl sites for hydroxylation is 1. The van der Waals surface area contributed by atoms with Gasteiger partial charge in [-0.2, -0.15) is 0 Å². The molecule has 0 spiro atoms. The van der Waals surface area contributed by atoms with Crippen molar-refractivity contribution in [2.75, 3.05) is 0 Å². The highest BCUT2D eigenvalue weighted by atomic mass is 32.1. The van der Waals surface area contributed by atoms with Crippen LogP contribution >= 0.6 is 12.2 Å². The Morgan fingerprint density at radius 3 is 3.17 bits per heavy atom. The number of aromatic hydroxyl groups is 1. The first kappa shape index (κ1) is 7.30. The fourth-order valence-electron chi connectivity index (χ4n) is 0.963. The molecule has 0 amide bonds. The van der Waals surface area contributed by atoms with E-state index in [2.05, 4.69) is 10.1 Å². The quantitative estimate of drug-likeness (QED) is 0.611. The number of aromatic nitrogens is 2. The van der Waals surface area contributed by atoms with Crippen LogP contribution in [0.2, 0.25) is 0 Å². The van der Waals surface area contributed by atoms with E-state index in [0.717, 1.165) is 0 Å². The molecule has 2 rings (SSSR count). The van der Waals surface area contributed by atoms with Crippen LogP contribution in [0.1, 0.15) is 5.69 Å².